The molecule has 0 atom stereocenters. The van der Waals surface area contributed by atoms with Crippen LogP contribution in [0.1, 0.15) is 25.3 Å². The zero-order chi connectivity index (χ0) is 13.2. The van der Waals surface area contributed by atoms with Gasteiger partial charge in [0.1, 0.15) is 16.4 Å². The summed E-state index contributed by atoms with van der Waals surface area (Å²) in [6.45, 7) is 3.92. The van der Waals surface area contributed by atoms with Crippen molar-refractivity contribution in [3.05, 3.63) is 35.6 Å². The predicted octanol–water partition coefficient (Wildman–Crippen LogP) is 2.46. The number of hydrogen-bond donors (Lipinski definition) is 1. The van der Waals surface area contributed by atoms with Gasteiger partial charge in [-0.3, -0.25) is 4.72 Å². The van der Waals surface area contributed by atoms with Gasteiger partial charge in [-0.1, -0.05) is 19.9 Å². The van der Waals surface area contributed by atoms with E-state index in [0.717, 1.165) is 5.56 Å². The number of nitrogens with zero attached hydrogens (tertiary/aromatic N) is 2. The number of aromatic nitrogens is 2. The molecule has 18 heavy (non-hydrogen) atoms. The molecule has 0 aliphatic rings. The Morgan fingerprint density at radius 1 is 1.39 bits per heavy atom. The molecular formula is C11H13N3O2S2. The SMILES string of the molecule is CC(C)c1cncnc1NS(=O)(=O)c1cccs1. The van der Waals surface area contributed by atoms with Crippen LogP contribution in [0, 0.1) is 0 Å². The van der Waals surface area contributed by atoms with Gasteiger partial charge in [0.2, 0.25) is 0 Å². The number of nitrogens with one attached hydrogen (secondary N) is 1. The fraction of sp³-hybridized carbons (Fsp3) is 0.273. The molecule has 2 rings (SSSR count). The van der Waals surface area contributed by atoms with Gasteiger partial charge in [-0.05, 0) is 17.4 Å². The lowest BCUT2D eigenvalue weighted by Crippen LogP contribution is -2.14. The van der Waals surface area contributed by atoms with Gasteiger partial charge in [-0.15, -0.1) is 11.3 Å². The van der Waals surface area contributed by atoms with Crippen LogP contribution in [0.4, 0.5) is 5.82 Å². The van der Waals surface area contributed by atoms with Crippen molar-refractivity contribution in [2.45, 2.75) is 24.0 Å². The minimum Gasteiger partial charge on any atom is -0.262 e. The summed E-state index contributed by atoms with van der Waals surface area (Å²) in [5, 5.41) is 1.72. The lowest BCUT2D eigenvalue weighted by Gasteiger charge is -2.12. The van der Waals surface area contributed by atoms with Gasteiger partial charge in [0.25, 0.3) is 10.0 Å². The monoisotopic (exact) mass is 283 g/mol. The summed E-state index contributed by atoms with van der Waals surface area (Å²) in [4.78, 5) is 7.91. The third-order valence-corrected chi connectivity index (χ3v) is 5.09. The molecule has 96 valence electrons. The van der Waals surface area contributed by atoms with Crippen LogP contribution in [-0.4, -0.2) is 18.4 Å². The van der Waals surface area contributed by atoms with Crippen LogP contribution in [0.3, 0.4) is 0 Å². The fourth-order valence-corrected chi connectivity index (χ4v) is 3.47. The molecule has 0 fully saturated rings. The van der Waals surface area contributed by atoms with Gasteiger partial charge in [-0.2, -0.15) is 0 Å². The van der Waals surface area contributed by atoms with Crippen molar-refractivity contribution in [2.75, 3.05) is 4.72 Å². The molecule has 0 aliphatic heterocycles. The average molecular weight is 283 g/mol. The van der Waals surface area contributed by atoms with E-state index >= 15 is 0 Å². The maximum Gasteiger partial charge on any atom is 0.272 e. The highest BCUT2D eigenvalue weighted by Crippen LogP contribution is 2.24. The lowest BCUT2D eigenvalue weighted by molar-refractivity contribution is 0.603. The molecule has 5 nitrogen and oxygen atoms in total. The highest BCUT2D eigenvalue weighted by molar-refractivity contribution is 7.94. The molecule has 2 aromatic rings. The summed E-state index contributed by atoms with van der Waals surface area (Å²) in [6.07, 6.45) is 2.96. The third-order valence-electron chi connectivity index (χ3n) is 2.35. The van der Waals surface area contributed by atoms with Crippen LogP contribution in [0.2, 0.25) is 0 Å². The normalized spacial score (nSPS) is 11.7. The highest BCUT2D eigenvalue weighted by atomic mass is 32.2. The summed E-state index contributed by atoms with van der Waals surface area (Å²) < 4.78 is 26.9. The van der Waals surface area contributed by atoms with Crippen molar-refractivity contribution in [3.8, 4) is 0 Å². The molecule has 2 aromatic heterocycles. The van der Waals surface area contributed by atoms with E-state index in [0.29, 0.717) is 5.82 Å². The second kappa shape index (κ2) is 5.03. The van der Waals surface area contributed by atoms with E-state index in [-0.39, 0.29) is 10.1 Å². The lowest BCUT2D eigenvalue weighted by atomic mass is 10.1. The Labute approximate surface area is 110 Å². The van der Waals surface area contributed by atoms with Gasteiger partial charge < -0.3 is 0 Å². The molecular weight excluding hydrogens is 270 g/mol. The zero-order valence-electron chi connectivity index (χ0n) is 9.99. The van der Waals surface area contributed by atoms with Gasteiger partial charge in [0.05, 0.1) is 0 Å². The van der Waals surface area contributed by atoms with E-state index in [1.807, 2.05) is 13.8 Å². The number of rotatable bonds is 4. The van der Waals surface area contributed by atoms with Crippen molar-refractivity contribution >= 4 is 27.2 Å². The standard InChI is InChI=1S/C11H13N3O2S2/c1-8(2)9-6-12-7-13-11(9)14-18(15,16)10-4-3-5-17-10/h3-8H,1-2H3,(H,12,13,14). The van der Waals surface area contributed by atoms with Crippen molar-refractivity contribution < 1.29 is 8.42 Å². The molecule has 0 aromatic carbocycles. The Morgan fingerprint density at radius 3 is 2.78 bits per heavy atom. The van der Waals surface area contributed by atoms with E-state index in [9.17, 15) is 8.42 Å². The zero-order valence-corrected chi connectivity index (χ0v) is 11.6. The Kier molecular flexibility index (Phi) is 3.63. The molecule has 0 radical (unpaired) electrons. The van der Waals surface area contributed by atoms with Gasteiger partial charge in [0.15, 0.2) is 0 Å². The first-order chi connectivity index (χ1) is 8.50. The summed E-state index contributed by atoms with van der Waals surface area (Å²) in [5.74, 6) is 0.487. The molecule has 2 heterocycles. The molecule has 0 bridgehead atoms. The average Bonchev–Trinajstić information content (AvgIpc) is 2.83. The van der Waals surface area contributed by atoms with E-state index in [1.165, 1.54) is 17.7 Å². The van der Waals surface area contributed by atoms with Crippen molar-refractivity contribution in [2.24, 2.45) is 0 Å². The number of hydrogen-bond acceptors (Lipinski definition) is 5. The van der Waals surface area contributed by atoms with E-state index in [2.05, 4.69) is 14.7 Å². The van der Waals surface area contributed by atoms with Crippen LogP contribution >= 0.6 is 11.3 Å². The van der Waals surface area contributed by atoms with Gasteiger partial charge in [0, 0.05) is 11.8 Å². The number of sulfonamides is 1. The van der Waals surface area contributed by atoms with Crippen molar-refractivity contribution in [3.63, 3.8) is 0 Å². The molecule has 1 N–H and O–H groups in total. The van der Waals surface area contributed by atoms with Crippen LogP contribution < -0.4 is 4.72 Å². The molecule has 0 saturated heterocycles. The van der Waals surface area contributed by atoms with Gasteiger partial charge >= 0.3 is 0 Å². The van der Waals surface area contributed by atoms with Crippen molar-refractivity contribution in [1.29, 1.82) is 0 Å². The molecule has 0 saturated carbocycles. The second-order valence-corrected chi connectivity index (χ2v) is 6.88. The maximum atomic E-state index is 12.1. The minimum absolute atomic E-state index is 0.146. The first-order valence-corrected chi connectivity index (χ1v) is 7.73. The molecule has 0 amide bonds. The third kappa shape index (κ3) is 2.68. The highest BCUT2D eigenvalue weighted by Gasteiger charge is 2.18. The Hall–Kier alpha value is -1.47. The van der Waals surface area contributed by atoms with Crippen LogP contribution in [-0.2, 0) is 10.0 Å². The van der Waals surface area contributed by atoms with Crippen LogP contribution in [0.15, 0.2) is 34.2 Å². The quantitative estimate of drug-likeness (QED) is 0.935. The Balaban J connectivity index is 2.36. The minimum atomic E-state index is -3.55. The smallest absolute Gasteiger partial charge is 0.262 e. The first kappa shape index (κ1) is 13.0. The van der Waals surface area contributed by atoms with E-state index in [4.69, 9.17) is 0 Å². The van der Waals surface area contributed by atoms with E-state index < -0.39 is 10.0 Å². The predicted molar refractivity (Wildman–Crippen MR) is 71.2 cm³/mol. The summed E-state index contributed by atoms with van der Waals surface area (Å²) in [7, 11) is -3.55. The molecule has 0 spiro atoms. The maximum absolute atomic E-state index is 12.1. The van der Waals surface area contributed by atoms with E-state index in [1.54, 1.807) is 23.7 Å². The number of thiophene rings is 1. The summed E-state index contributed by atoms with van der Waals surface area (Å²) in [5.41, 5.74) is 0.776. The summed E-state index contributed by atoms with van der Waals surface area (Å²) >= 11 is 1.17. The first-order valence-electron chi connectivity index (χ1n) is 5.37. The Morgan fingerprint density at radius 2 is 2.17 bits per heavy atom. The fourth-order valence-electron chi connectivity index (χ4n) is 1.44. The topological polar surface area (TPSA) is 72.0 Å². The molecule has 0 unspecified atom stereocenters. The summed E-state index contributed by atoms with van der Waals surface area (Å²) in [6, 6.07) is 3.26. The Bertz CT molecular complexity index is 621. The van der Waals surface area contributed by atoms with Crippen LogP contribution in [0.25, 0.3) is 0 Å². The van der Waals surface area contributed by atoms with Crippen LogP contribution in [0.5, 0.6) is 0 Å². The van der Waals surface area contributed by atoms with Gasteiger partial charge in [-0.25, -0.2) is 18.4 Å². The van der Waals surface area contributed by atoms with Crippen molar-refractivity contribution in [1.82, 2.24) is 9.97 Å². The number of anilines is 1. The molecule has 0 aliphatic carbocycles. The second-order valence-electron chi connectivity index (χ2n) is 4.02. The largest absolute Gasteiger partial charge is 0.272 e. The molecule has 7 heteroatoms.